The maximum atomic E-state index is 5.56. The topological polar surface area (TPSA) is 54.0 Å². The zero-order valence-electron chi connectivity index (χ0n) is 41.5. The van der Waals surface area contributed by atoms with Crippen molar-refractivity contribution >= 4 is 54.4 Å². The molecular weight excluding hydrogens is 858 g/mol. The molecule has 4 nitrogen and oxygen atoms in total. The normalized spacial score (nSPS) is 13.1. The Labute approximate surface area is 402 Å². The predicted octanol–water partition coefficient (Wildman–Crippen LogP) is 15.3. The van der Waals surface area contributed by atoms with Crippen molar-refractivity contribution in [3.8, 4) is 44.8 Å². The Bertz CT molecular complexity index is 2970. The van der Waals surface area contributed by atoms with Gasteiger partial charge in [-0.25, -0.2) is 9.97 Å². The van der Waals surface area contributed by atoms with Crippen molar-refractivity contribution in [3.63, 3.8) is 0 Å². The molecule has 326 valence electrons. The first kappa shape index (κ1) is 47.6. The van der Waals surface area contributed by atoms with Gasteiger partial charge in [0.25, 0.3) is 0 Å². The molecule has 2 aliphatic rings. The second-order valence-corrected chi connectivity index (χ2v) is 27.6. The summed E-state index contributed by atoms with van der Waals surface area (Å²) in [4.78, 5) is 22.1. The molecule has 5 heterocycles. The van der Waals surface area contributed by atoms with Crippen LogP contribution in [0.2, 0.25) is 19.6 Å². The van der Waals surface area contributed by atoms with Crippen LogP contribution in [0.1, 0.15) is 134 Å². The second-order valence-electron chi connectivity index (χ2n) is 22.8. The molecular formula is C59H64N4SiZn. The van der Waals surface area contributed by atoms with Crippen LogP contribution in [0, 0.1) is 11.5 Å². The quantitative estimate of drug-likeness (QED) is 0.131. The van der Waals surface area contributed by atoms with E-state index >= 15 is 0 Å². The molecule has 0 atom stereocenters. The molecule has 0 saturated carbocycles. The van der Waals surface area contributed by atoms with Crippen LogP contribution in [-0.4, -0.2) is 18.0 Å². The number of fused-ring (bicyclic) bond motifs is 8. The van der Waals surface area contributed by atoms with Gasteiger partial charge >= 0.3 is 19.5 Å². The minimum absolute atomic E-state index is 0. The summed E-state index contributed by atoms with van der Waals surface area (Å²) in [5.41, 5.74) is 22.3. The molecule has 8 bridgehead atoms. The van der Waals surface area contributed by atoms with Crippen LogP contribution in [0.5, 0.6) is 0 Å². The fourth-order valence-electron chi connectivity index (χ4n) is 8.23. The van der Waals surface area contributed by atoms with Crippen LogP contribution < -0.4 is 9.97 Å². The molecule has 0 unspecified atom stereocenters. The van der Waals surface area contributed by atoms with Crippen LogP contribution >= 0.6 is 0 Å². The number of hydrogen-bond acceptors (Lipinski definition) is 2. The van der Waals surface area contributed by atoms with Crippen LogP contribution in [0.15, 0.2) is 91.0 Å². The molecule has 0 radical (unpaired) electrons. The fourth-order valence-corrected chi connectivity index (χ4v) is 8.73. The number of nitrogens with zero attached hydrogens (tertiary/aromatic N) is 4. The summed E-state index contributed by atoms with van der Waals surface area (Å²) in [7, 11) is -1.81. The maximum absolute atomic E-state index is 5.56. The third-order valence-electron chi connectivity index (χ3n) is 12.1. The van der Waals surface area contributed by atoms with Crippen LogP contribution in [0.25, 0.3) is 79.8 Å². The maximum Gasteiger partial charge on any atom is 2.00 e. The van der Waals surface area contributed by atoms with Gasteiger partial charge in [0, 0.05) is 5.56 Å². The number of hydrogen-bond donors (Lipinski definition) is 0. The van der Waals surface area contributed by atoms with Gasteiger partial charge in [-0.05, 0) is 102 Å². The van der Waals surface area contributed by atoms with Gasteiger partial charge in [0.1, 0.15) is 8.07 Å². The zero-order valence-corrected chi connectivity index (χ0v) is 45.4. The largest absolute Gasteiger partial charge is 2.00 e. The average molecular weight is 923 g/mol. The van der Waals surface area contributed by atoms with E-state index in [1.54, 1.807) is 0 Å². The average Bonchev–Trinajstić information content (AvgIpc) is 4.04. The summed E-state index contributed by atoms with van der Waals surface area (Å²) in [6.45, 7) is 34.3. The van der Waals surface area contributed by atoms with E-state index < -0.39 is 8.07 Å². The zero-order chi connectivity index (χ0) is 46.1. The SMILES string of the molecule is CC(C)(C)c1cc(-c2c3nc(c(-c4ccccc4)c4ccc([n-]4)c(-c4cc(C(C)(C)C)cc(C(C)(C)C)c4)c4nc(c(C#C[Si](C)(C)C)c5ccc2[n-]5)C=C4)C=C3)cc(C(C)(C)C)c1.[Zn+2]. The van der Waals surface area contributed by atoms with Gasteiger partial charge in [-0.15, -0.1) is 27.6 Å². The molecule has 0 fully saturated rings. The number of aromatic nitrogens is 4. The van der Waals surface area contributed by atoms with Gasteiger partial charge in [-0.1, -0.05) is 200 Å². The molecule has 0 spiro atoms. The van der Waals surface area contributed by atoms with E-state index in [1.807, 2.05) is 0 Å². The number of rotatable bonds is 3. The van der Waals surface area contributed by atoms with Gasteiger partial charge < -0.3 is 9.97 Å². The number of benzene rings is 3. The van der Waals surface area contributed by atoms with Crippen molar-refractivity contribution < 1.29 is 19.5 Å². The molecule has 3 aromatic carbocycles. The third kappa shape index (κ3) is 10.1. The monoisotopic (exact) mass is 920 g/mol. The van der Waals surface area contributed by atoms with Crippen molar-refractivity contribution in [2.24, 2.45) is 0 Å². The summed E-state index contributed by atoms with van der Waals surface area (Å²) >= 11 is 0. The van der Waals surface area contributed by atoms with E-state index in [4.69, 9.17) is 19.9 Å². The van der Waals surface area contributed by atoms with Gasteiger partial charge in [0.2, 0.25) is 0 Å². The van der Waals surface area contributed by atoms with Gasteiger partial charge in [0.05, 0.1) is 22.8 Å². The van der Waals surface area contributed by atoms with Crippen molar-refractivity contribution in [1.82, 2.24) is 19.9 Å². The first-order valence-corrected chi connectivity index (χ1v) is 26.3. The summed E-state index contributed by atoms with van der Waals surface area (Å²) in [6.07, 6.45) is 8.58. The molecule has 65 heavy (non-hydrogen) atoms. The van der Waals surface area contributed by atoms with Gasteiger partial charge in [-0.2, -0.15) is 0 Å². The molecule has 0 amide bonds. The fraction of sp³-hybridized carbons (Fsp3) is 0.322. The minimum atomic E-state index is -1.81. The molecule has 2 aliphatic heterocycles. The van der Waals surface area contributed by atoms with E-state index in [0.717, 1.165) is 83.8 Å². The standard InChI is InChI=1S/C59H64N4Si.Zn/c1-56(2,3)40-31-38(32-41(35-40)57(4,5)6)54-49-23-21-45(60-49)44(29-30-64(13,14)15)46-22-24-50(61-46)55(39-33-42(58(7,8)9)36-43(34-39)59(10,11)12)52-28-26-48(63-52)53(37-19-17-16-18-20-37)47-25-27-51(54)62-47;/h16-28,31-36H,1-15H3;/q-2;+2. The Kier molecular flexibility index (Phi) is 12.6. The smallest absolute Gasteiger partial charge is 0.657 e. The van der Waals surface area contributed by atoms with E-state index in [0.29, 0.717) is 0 Å². The minimum Gasteiger partial charge on any atom is -0.657 e. The van der Waals surface area contributed by atoms with E-state index in [-0.39, 0.29) is 41.1 Å². The molecule has 3 aromatic heterocycles. The molecule has 6 aromatic rings. The van der Waals surface area contributed by atoms with Crippen molar-refractivity contribution in [3.05, 3.63) is 142 Å². The summed E-state index contributed by atoms with van der Waals surface area (Å²) < 4.78 is 0. The van der Waals surface area contributed by atoms with Crippen LogP contribution in [0.3, 0.4) is 0 Å². The molecule has 0 saturated heterocycles. The molecule has 6 heteroatoms. The Morgan fingerprint density at radius 2 is 0.754 bits per heavy atom. The van der Waals surface area contributed by atoms with Crippen molar-refractivity contribution in [2.45, 2.75) is 124 Å². The third-order valence-corrected chi connectivity index (χ3v) is 13.0. The van der Waals surface area contributed by atoms with Gasteiger partial charge in [0.15, 0.2) is 0 Å². The van der Waals surface area contributed by atoms with Gasteiger partial charge in [-0.3, -0.25) is 0 Å². The predicted molar refractivity (Wildman–Crippen MR) is 278 cm³/mol. The van der Waals surface area contributed by atoms with E-state index in [2.05, 4.69) is 229 Å². The summed E-state index contributed by atoms with van der Waals surface area (Å²) in [5.74, 6) is 3.65. The van der Waals surface area contributed by atoms with Crippen LogP contribution in [0.4, 0.5) is 0 Å². The molecule has 8 rings (SSSR count). The van der Waals surface area contributed by atoms with E-state index in [1.165, 1.54) is 22.3 Å². The van der Waals surface area contributed by atoms with Crippen molar-refractivity contribution in [2.75, 3.05) is 0 Å². The Balaban J connectivity index is 0.00000630. The Hall–Kier alpha value is -5.34. The summed E-state index contributed by atoms with van der Waals surface area (Å²) in [6, 6.07) is 33.3. The first-order chi connectivity index (χ1) is 29.8. The Morgan fingerprint density at radius 3 is 1.14 bits per heavy atom. The Morgan fingerprint density at radius 1 is 0.415 bits per heavy atom. The molecule has 0 aliphatic carbocycles. The van der Waals surface area contributed by atoms with Crippen LogP contribution in [-0.2, 0) is 41.1 Å². The summed E-state index contributed by atoms with van der Waals surface area (Å²) in [5, 5.41) is 0. The van der Waals surface area contributed by atoms with E-state index in [9.17, 15) is 0 Å². The molecule has 0 N–H and O–H groups in total. The second kappa shape index (κ2) is 17.1. The van der Waals surface area contributed by atoms with Crippen molar-refractivity contribution in [1.29, 1.82) is 0 Å². The first-order valence-electron chi connectivity index (χ1n) is 22.8.